The molecule has 0 spiro atoms. The Kier molecular flexibility index (Phi) is 7.43. The zero-order valence-corrected chi connectivity index (χ0v) is 28.7. The minimum absolute atomic E-state index is 0.590. The van der Waals surface area contributed by atoms with E-state index in [0.717, 1.165) is 72.4 Å². The highest BCUT2D eigenvalue weighted by atomic mass is 16.4. The Morgan fingerprint density at radius 2 is 0.925 bits per heavy atom. The van der Waals surface area contributed by atoms with Crippen LogP contribution in [0.25, 0.3) is 77.9 Å². The van der Waals surface area contributed by atoms with E-state index in [0.29, 0.717) is 5.89 Å². The molecule has 250 valence electrons. The number of hydrogen-bond acceptors (Lipinski definition) is 4. The number of rotatable bonds is 7. The molecular weight excluding hydrogens is 649 g/mol. The molecule has 10 aromatic rings. The minimum Gasteiger partial charge on any atom is -0.456 e. The maximum Gasteiger partial charge on any atom is 0.227 e. The summed E-state index contributed by atoms with van der Waals surface area (Å²) in [6.07, 6.45) is 0. The zero-order chi connectivity index (χ0) is 35.1. The van der Waals surface area contributed by atoms with Gasteiger partial charge in [-0.15, -0.1) is 0 Å². The number of para-hydroxylation sites is 1. The van der Waals surface area contributed by atoms with Gasteiger partial charge in [-0.2, -0.15) is 0 Å². The van der Waals surface area contributed by atoms with Crippen molar-refractivity contribution in [1.82, 2.24) is 4.98 Å². The van der Waals surface area contributed by atoms with E-state index >= 15 is 0 Å². The van der Waals surface area contributed by atoms with Gasteiger partial charge in [-0.3, -0.25) is 0 Å². The summed E-state index contributed by atoms with van der Waals surface area (Å²) in [5.41, 5.74) is 14.1. The normalized spacial score (nSPS) is 11.4. The molecule has 8 aromatic carbocycles. The van der Waals surface area contributed by atoms with Crippen LogP contribution in [0.4, 0.5) is 17.1 Å². The van der Waals surface area contributed by atoms with E-state index in [2.05, 4.69) is 150 Å². The van der Waals surface area contributed by atoms with Crippen LogP contribution in [-0.2, 0) is 0 Å². The van der Waals surface area contributed by atoms with Crippen molar-refractivity contribution in [3.8, 4) is 44.8 Å². The average Bonchev–Trinajstić information content (AvgIpc) is 3.84. The van der Waals surface area contributed by atoms with Crippen LogP contribution in [-0.4, -0.2) is 4.98 Å². The lowest BCUT2D eigenvalue weighted by Crippen LogP contribution is -2.11. The number of benzene rings is 8. The Morgan fingerprint density at radius 3 is 1.60 bits per heavy atom. The van der Waals surface area contributed by atoms with Gasteiger partial charge in [0.15, 0.2) is 5.58 Å². The van der Waals surface area contributed by atoms with Crippen molar-refractivity contribution in [2.45, 2.75) is 0 Å². The standard InChI is InChI=1S/C49H32N2O2/c1-4-12-33(13-5-1)34-20-22-35(23-21-34)36-24-26-39(27-25-36)51(44-19-11-10-18-41(44)37-14-6-2-7-15-37)40-28-30-45-42(32-40)47-46(52-45)31-29-43-48(47)53-49(50-43)38-16-8-3-9-17-38/h1-32H. The van der Waals surface area contributed by atoms with Crippen LogP contribution in [0.3, 0.4) is 0 Å². The number of hydrogen-bond donors (Lipinski definition) is 0. The Balaban J connectivity index is 1.11. The maximum absolute atomic E-state index is 6.48. The van der Waals surface area contributed by atoms with Crippen LogP contribution in [0.15, 0.2) is 203 Å². The first-order valence-electron chi connectivity index (χ1n) is 17.8. The lowest BCUT2D eigenvalue weighted by molar-refractivity contribution is 0.622. The second-order valence-corrected chi connectivity index (χ2v) is 13.2. The topological polar surface area (TPSA) is 42.4 Å². The van der Waals surface area contributed by atoms with E-state index < -0.39 is 0 Å². The van der Waals surface area contributed by atoms with Gasteiger partial charge < -0.3 is 13.7 Å². The quantitative estimate of drug-likeness (QED) is 0.168. The number of aromatic nitrogens is 1. The van der Waals surface area contributed by atoms with Gasteiger partial charge in [-0.1, -0.05) is 133 Å². The zero-order valence-electron chi connectivity index (χ0n) is 28.7. The molecule has 0 bridgehead atoms. The summed E-state index contributed by atoms with van der Waals surface area (Å²) in [7, 11) is 0. The third-order valence-electron chi connectivity index (χ3n) is 9.93. The van der Waals surface area contributed by atoms with Gasteiger partial charge in [0.25, 0.3) is 0 Å². The maximum atomic E-state index is 6.48. The predicted octanol–water partition coefficient (Wildman–Crippen LogP) is 13.9. The van der Waals surface area contributed by atoms with Crippen molar-refractivity contribution in [3.05, 3.63) is 194 Å². The monoisotopic (exact) mass is 680 g/mol. The molecular formula is C49H32N2O2. The number of oxazole rings is 1. The Hall–Kier alpha value is -7.17. The molecule has 0 radical (unpaired) electrons. The third-order valence-corrected chi connectivity index (χ3v) is 9.93. The molecule has 0 amide bonds. The summed E-state index contributed by atoms with van der Waals surface area (Å²) in [6, 6.07) is 67.6. The summed E-state index contributed by atoms with van der Waals surface area (Å²) in [5, 5.41) is 1.89. The van der Waals surface area contributed by atoms with Crippen LogP contribution >= 0.6 is 0 Å². The van der Waals surface area contributed by atoms with E-state index in [-0.39, 0.29) is 0 Å². The first-order valence-corrected chi connectivity index (χ1v) is 17.8. The van der Waals surface area contributed by atoms with Crippen molar-refractivity contribution < 1.29 is 8.83 Å². The van der Waals surface area contributed by atoms with Gasteiger partial charge in [0, 0.05) is 27.9 Å². The molecule has 2 aromatic heterocycles. The molecule has 10 rings (SSSR count). The van der Waals surface area contributed by atoms with E-state index in [9.17, 15) is 0 Å². The second kappa shape index (κ2) is 12.9. The minimum atomic E-state index is 0.590. The van der Waals surface area contributed by atoms with Gasteiger partial charge in [0.2, 0.25) is 5.89 Å². The summed E-state index contributed by atoms with van der Waals surface area (Å²) in [5.74, 6) is 0.590. The molecule has 4 nitrogen and oxygen atoms in total. The summed E-state index contributed by atoms with van der Waals surface area (Å²) in [6.45, 7) is 0. The van der Waals surface area contributed by atoms with Gasteiger partial charge in [-0.05, 0) is 88.5 Å². The smallest absolute Gasteiger partial charge is 0.227 e. The molecule has 0 N–H and O–H groups in total. The van der Waals surface area contributed by atoms with Crippen LogP contribution in [0.2, 0.25) is 0 Å². The first kappa shape index (κ1) is 30.6. The average molecular weight is 681 g/mol. The highest BCUT2D eigenvalue weighted by molar-refractivity contribution is 6.17. The summed E-state index contributed by atoms with van der Waals surface area (Å²) in [4.78, 5) is 7.18. The fourth-order valence-corrected chi connectivity index (χ4v) is 7.32. The highest BCUT2D eigenvalue weighted by Crippen LogP contribution is 2.44. The van der Waals surface area contributed by atoms with Crippen LogP contribution in [0.1, 0.15) is 0 Å². The SMILES string of the molecule is c1ccc(-c2ccc(-c3ccc(N(c4ccc5oc6ccc7nc(-c8ccccc8)oc7c6c5c4)c4ccccc4-c4ccccc4)cc3)cc2)cc1. The second-order valence-electron chi connectivity index (χ2n) is 13.2. The fraction of sp³-hybridized carbons (Fsp3) is 0. The molecule has 0 aliphatic heterocycles. The number of furan rings is 1. The molecule has 0 saturated carbocycles. The lowest BCUT2D eigenvalue weighted by Gasteiger charge is -2.28. The Bertz CT molecular complexity index is 2860. The third kappa shape index (κ3) is 5.54. The van der Waals surface area contributed by atoms with Crippen molar-refractivity contribution in [2.75, 3.05) is 4.90 Å². The molecule has 0 unspecified atom stereocenters. The number of fused-ring (bicyclic) bond motifs is 5. The van der Waals surface area contributed by atoms with Crippen molar-refractivity contribution in [3.63, 3.8) is 0 Å². The van der Waals surface area contributed by atoms with Gasteiger partial charge in [-0.25, -0.2) is 4.98 Å². The fourth-order valence-electron chi connectivity index (χ4n) is 7.32. The van der Waals surface area contributed by atoms with Gasteiger partial charge >= 0.3 is 0 Å². The van der Waals surface area contributed by atoms with Crippen molar-refractivity contribution in [1.29, 1.82) is 0 Å². The number of nitrogens with zero attached hydrogens (tertiary/aromatic N) is 2. The first-order chi connectivity index (χ1) is 26.3. The molecule has 2 heterocycles. The molecule has 0 fully saturated rings. The lowest BCUT2D eigenvalue weighted by atomic mass is 9.99. The molecule has 0 aliphatic carbocycles. The Morgan fingerprint density at radius 1 is 0.396 bits per heavy atom. The van der Waals surface area contributed by atoms with Crippen LogP contribution in [0.5, 0.6) is 0 Å². The van der Waals surface area contributed by atoms with Gasteiger partial charge in [0.1, 0.15) is 16.7 Å². The largest absolute Gasteiger partial charge is 0.456 e. The molecule has 0 saturated heterocycles. The number of anilines is 3. The summed E-state index contributed by atoms with van der Waals surface area (Å²) < 4.78 is 12.9. The van der Waals surface area contributed by atoms with Crippen molar-refractivity contribution in [2.24, 2.45) is 0 Å². The van der Waals surface area contributed by atoms with Crippen LogP contribution in [0, 0.1) is 0 Å². The van der Waals surface area contributed by atoms with E-state index in [1.54, 1.807) is 0 Å². The summed E-state index contributed by atoms with van der Waals surface area (Å²) >= 11 is 0. The molecule has 0 atom stereocenters. The molecule has 53 heavy (non-hydrogen) atoms. The highest BCUT2D eigenvalue weighted by Gasteiger charge is 2.21. The van der Waals surface area contributed by atoms with E-state index in [4.69, 9.17) is 13.8 Å². The predicted molar refractivity (Wildman–Crippen MR) is 218 cm³/mol. The Labute approximate surface area is 306 Å². The molecule has 0 aliphatic rings. The van der Waals surface area contributed by atoms with Crippen molar-refractivity contribution >= 4 is 50.1 Å². The van der Waals surface area contributed by atoms with Gasteiger partial charge in [0.05, 0.1) is 11.1 Å². The van der Waals surface area contributed by atoms with Crippen LogP contribution < -0.4 is 4.90 Å². The van der Waals surface area contributed by atoms with E-state index in [1.165, 1.54) is 16.7 Å². The van der Waals surface area contributed by atoms with E-state index in [1.807, 2.05) is 48.5 Å². The molecule has 4 heteroatoms.